The SMILES string of the molecule is CC(=O)N1CCOC2(CCN(c3nc4ccc(Cl)cc4s3)CC2)C1. The summed E-state index contributed by atoms with van der Waals surface area (Å²) in [7, 11) is 0. The van der Waals surface area contributed by atoms with E-state index in [2.05, 4.69) is 4.90 Å². The number of carbonyl (C=O) groups is 1. The molecule has 0 saturated carbocycles. The highest BCUT2D eigenvalue weighted by molar-refractivity contribution is 7.22. The lowest BCUT2D eigenvalue weighted by Crippen LogP contribution is -2.57. The molecule has 2 aliphatic rings. The van der Waals surface area contributed by atoms with E-state index in [0.717, 1.165) is 46.3 Å². The quantitative estimate of drug-likeness (QED) is 0.778. The number of benzene rings is 1. The molecule has 1 aromatic heterocycles. The molecule has 5 nitrogen and oxygen atoms in total. The number of anilines is 1. The van der Waals surface area contributed by atoms with Crippen LogP contribution < -0.4 is 4.90 Å². The molecule has 0 N–H and O–H groups in total. The fraction of sp³-hybridized carbons (Fsp3) is 0.529. The molecule has 1 spiro atoms. The van der Waals surface area contributed by atoms with E-state index in [9.17, 15) is 4.79 Å². The van der Waals surface area contributed by atoms with Crippen LogP contribution in [0, 0.1) is 0 Å². The van der Waals surface area contributed by atoms with Gasteiger partial charge in [-0.3, -0.25) is 4.79 Å². The summed E-state index contributed by atoms with van der Waals surface area (Å²) < 4.78 is 7.21. The van der Waals surface area contributed by atoms with Gasteiger partial charge in [0.15, 0.2) is 5.13 Å². The predicted octanol–water partition coefficient (Wildman–Crippen LogP) is 3.17. The number of amides is 1. The van der Waals surface area contributed by atoms with Crippen molar-refractivity contribution in [2.24, 2.45) is 0 Å². The number of nitrogens with zero attached hydrogens (tertiary/aromatic N) is 3. The van der Waals surface area contributed by atoms with Crippen LogP contribution in [-0.4, -0.2) is 54.2 Å². The molecule has 1 amide bonds. The summed E-state index contributed by atoms with van der Waals surface area (Å²) >= 11 is 7.75. The second-order valence-electron chi connectivity index (χ2n) is 6.57. The van der Waals surface area contributed by atoms with E-state index in [1.807, 2.05) is 23.1 Å². The van der Waals surface area contributed by atoms with Gasteiger partial charge in [-0.25, -0.2) is 4.98 Å². The van der Waals surface area contributed by atoms with Crippen molar-refractivity contribution in [2.45, 2.75) is 25.4 Å². The van der Waals surface area contributed by atoms with Crippen molar-refractivity contribution >= 4 is 44.2 Å². The molecule has 2 fully saturated rings. The lowest BCUT2D eigenvalue weighted by molar-refractivity contribution is -0.152. The van der Waals surface area contributed by atoms with Gasteiger partial charge in [-0.05, 0) is 31.0 Å². The van der Waals surface area contributed by atoms with Gasteiger partial charge in [0.1, 0.15) is 0 Å². The number of hydrogen-bond acceptors (Lipinski definition) is 5. The molecule has 7 heteroatoms. The first kappa shape index (κ1) is 16.1. The second-order valence-corrected chi connectivity index (χ2v) is 8.01. The Labute approximate surface area is 150 Å². The van der Waals surface area contributed by atoms with Crippen molar-refractivity contribution < 1.29 is 9.53 Å². The molecule has 2 saturated heterocycles. The topological polar surface area (TPSA) is 45.7 Å². The average molecular weight is 366 g/mol. The molecule has 0 atom stereocenters. The smallest absolute Gasteiger partial charge is 0.219 e. The maximum atomic E-state index is 11.7. The Hall–Kier alpha value is -1.37. The van der Waals surface area contributed by atoms with Crippen molar-refractivity contribution in [3.63, 3.8) is 0 Å². The number of morpholine rings is 1. The number of carbonyl (C=O) groups excluding carboxylic acids is 1. The minimum atomic E-state index is -0.180. The lowest BCUT2D eigenvalue weighted by atomic mass is 9.89. The number of fused-ring (bicyclic) bond motifs is 1. The van der Waals surface area contributed by atoms with Gasteiger partial charge in [0.05, 0.1) is 22.4 Å². The zero-order chi connectivity index (χ0) is 16.7. The van der Waals surface area contributed by atoms with Gasteiger partial charge < -0.3 is 14.5 Å². The van der Waals surface area contributed by atoms with E-state index in [-0.39, 0.29) is 11.5 Å². The summed E-state index contributed by atoms with van der Waals surface area (Å²) in [5.74, 6) is 0.142. The maximum Gasteiger partial charge on any atom is 0.219 e. The standard InChI is InChI=1S/C17H20ClN3O2S/c1-12(22)21-8-9-23-17(11-21)4-6-20(7-5-17)16-19-14-3-2-13(18)10-15(14)24-16/h2-3,10H,4-9,11H2,1H3. The van der Waals surface area contributed by atoms with Gasteiger partial charge in [-0.1, -0.05) is 22.9 Å². The van der Waals surface area contributed by atoms with Crippen LogP contribution in [0.1, 0.15) is 19.8 Å². The van der Waals surface area contributed by atoms with Gasteiger partial charge >= 0.3 is 0 Å². The third-order valence-corrected chi connectivity index (χ3v) is 6.29. The van der Waals surface area contributed by atoms with Crippen molar-refractivity contribution in [3.05, 3.63) is 23.2 Å². The number of thiazole rings is 1. The van der Waals surface area contributed by atoms with Crippen LogP contribution in [0.3, 0.4) is 0 Å². The molecule has 3 heterocycles. The first-order valence-corrected chi connectivity index (χ1v) is 9.45. The van der Waals surface area contributed by atoms with Gasteiger partial charge in [0, 0.05) is 38.1 Å². The molecule has 4 rings (SSSR count). The summed E-state index contributed by atoms with van der Waals surface area (Å²) in [4.78, 5) is 20.6. The van der Waals surface area contributed by atoms with Crippen LogP contribution in [0.4, 0.5) is 5.13 Å². The highest BCUT2D eigenvalue weighted by Crippen LogP contribution is 2.36. The number of aromatic nitrogens is 1. The fourth-order valence-corrected chi connectivity index (χ4v) is 4.84. The number of piperidine rings is 1. The molecule has 0 aliphatic carbocycles. The molecule has 0 bridgehead atoms. The van der Waals surface area contributed by atoms with Gasteiger partial charge in [-0.15, -0.1) is 0 Å². The lowest BCUT2D eigenvalue weighted by Gasteiger charge is -2.47. The molecule has 0 radical (unpaired) electrons. The Balaban J connectivity index is 1.48. The first-order valence-electron chi connectivity index (χ1n) is 8.25. The fourth-order valence-electron chi connectivity index (χ4n) is 3.54. The zero-order valence-electron chi connectivity index (χ0n) is 13.6. The molecule has 24 heavy (non-hydrogen) atoms. The number of ether oxygens (including phenoxy) is 1. The minimum absolute atomic E-state index is 0.142. The maximum absolute atomic E-state index is 11.7. The third-order valence-electron chi connectivity index (χ3n) is 4.98. The Kier molecular flexibility index (Phi) is 4.14. The number of rotatable bonds is 1. The van der Waals surface area contributed by atoms with E-state index in [1.165, 1.54) is 0 Å². The van der Waals surface area contributed by atoms with Gasteiger partial charge in [0.2, 0.25) is 5.91 Å². The molecule has 1 aromatic carbocycles. The zero-order valence-corrected chi connectivity index (χ0v) is 15.2. The molecule has 2 aliphatic heterocycles. The highest BCUT2D eigenvalue weighted by atomic mass is 35.5. The van der Waals surface area contributed by atoms with E-state index in [0.29, 0.717) is 19.7 Å². The second kappa shape index (κ2) is 6.17. The van der Waals surface area contributed by atoms with Crippen LogP contribution >= 0.6 is 22.9 Å². The Morgan fingerprint density at radius 3 is 2.88 bits per heavy atom. The van der Waals surface area contributed by atoms with Crippen molar-refractivity contribution in [1.29, 1.82) is 0 Å². The van der Waals surface area contributed by atoms with Crippen molar-refractivity contribution in [1.82, 2.24) is 9.88 Å². The first-order chi connectivity index (χ1) is 11.5. The van der Waals surface area contributed by atoms with Crippen LogP contribution in [0.25, 0.3) is 10.2 Å². The molecular weight excluding hydrogens is 346 g/mol. The molecule has 0 unspecified atom stereocenters. The average Bonchev–Trinajstić information content (AvgIpc) is 2.98. The summed E-state index contributed by atoms with van der Waals surface area (Å²) in [6.45, 7) is 5.50. The predicted molar refractivity (Wildman–Crippen MR) is 97.0 cm³/mol. The van der Waals surface area contributed by atoms with Crippen molar-refractivity contribution in [2.75, 3.05) is 37.7 Å². The van der Waals surface area contributed by atoms with Crippen LogP contribution in [-0.2, 0) is 9.53 Å². The number of halogens is 1. The Morgan fingerprint density at radius 2 is 2.12 bits per heavy atom. The molecular formula is C17H20ClN3O2S. The monoisotopic (exact) mass is 365 g/mol. The Morgan fingerprint density at radius 1 is 1.33 bits per heavy atom. The van der Waals surface area contributed by atoms with E-state index >= 15 is 0 Å². The summed E-state index contributed by atoms with van der Waals surface area (Å²) in [6.07, 6.45) is 1.85. The van der Waals surface area contributed by atoms with Crippen molar-refractivity contribution in [3.8, 4) is 0 Å². The molecule has 2 aromatic rings. The number of hydrogen-bond donors (Lipinski definition) is 0. The summed E-state index contributed by atoms with van der Waals surface area (Å²) in [5, 5.41) is 1.79. The van der Waals surface area contributed by atoms with Crippen LogP contribution in [0.15, 0.2) is 18.2 Å². The van der Waals surface area contributed by atoms with E-state index < -0.39 is 0 Å². The minimum Gasteiger partial charge on any atom is -0.371 e. The van der Waals surface area contributed by atoms with Crippen LogP contribution in [0.2, 0.25) is 5.02 Å². The summed E-state index contributed by atoms with van der Waals surface area (Å²) in [5.41, 5.74) is 0.816. The molecule has 128 valence electrons. The van der Waals surface area contributed by atoms with Gasteiger partial charge in [-0.2, -0.15) is 0 Å². The highest BCUT2D eigenvalue weighted by Gasteiger charge is 2.40. The van der Waals surface area contributed by atoms with Crippen LogP contribution in [0.5, 0.6) is 0 Å². The third kappa shape index (κ3) is 2.98. The van der Waals surface area contributed by atoms with E-state index in [4.69, 9.17) is 21.3 Å². The Bertz CT molecular complexity index is 770. The van der Waals surface area contributed by atoms with Gasteiger partial charge in [0.25, 0.3) is 0 Å². The summed E-state index contributed by atoms with van der Waals surface area (Å²) in [6, 6.07) is 5.82. The van der Waals surface area contributed by atoms with E-state index in [1.54, 1.807) is 18.3 Å². The normalized spacial score (nSPS) is 20.8. The largest absolute Gasteiger partial charge is 0.371 e.